The standard InChI is InChI=1S/C7H9ClN4O/c1-3-4-5(12-9)6(13-2)11-7(8)10-4/h3,12H,1,9H2,2H3. The fourth-order valence-corrected chi connectivity index (χ4v) is 1.03. The third kappa shape index (κ3) is 1.88. The number of rotatable bonds is 3. The van der Waals surface area contributed by atoms with Crippen molar-refractivity contribution in [3.63, 3.8) is 0 Å². The van der Waals surface area contributed by atoms with Gasteiger partial charge in [0.05, 0.1) is 12.8 Å². The van der Waals surface area contributed by atoms with E-state index in [1.54, 1.807) is 0 Å². The molecule has 5 nitrogen and oxygen atoms in total. The van der Waals surface area contributed by atoms with Crippen molar-refractivity contribution >= 4 is 23.4 Å². The van der Waals surface area contributed by atoms with Gasteiger partial charge in [-0.05, 0) is 17.7 Å². The van der Waals surface area contributed by atoms with E-state index in [4.69, 9.17) is 22.2 Å². The van der Waals surface area contributed by atoms with Crippen LogP contribution in [0.1, 0.15) is 5.69 Å². The molecule has 0 aromatic carbocycles. The third-order valence-electron chi connectivity index (χ3n) is 1.41. The fraction of sp³-hybridized carbons (Fsp3) is 0.143. The summed E-state index contributed by atoms with van der Waals surface area (Å²) in [5, 5.41) is 0.0887. The van der Waals surface area contributed by atoms with E-state index in [0.29, 0.717) is 11.4 Å². The average Bonchev–Trinajstić information content (AvgIpc) is 2.16. The van der Waals surface area contributed by atoms with Crippen LogP contribution in [0.5, 0.6) is 5.88 Å². The highest BCUT2D eigenvalue weighted by atomic mass is 35.5. The zero-order valence-electron chi connectivity index (χ0n) is 7.04. The van der Waals surface area contributed by atoms with Crippen molar-refractivity contribution in [3.05, 3.63) is 17.6 Å². The number of hydrazine groups is 1. The van der Waals surface area contributed by atoms with Gasteiger partial charge in [0, 0.05) is 0 Å². The number of ether oxygens (including phenoxy) is 1. The van der Waals surface area contributed by atoms with Crippen molar-refractivity contribution in [1.29, 1.82) is 0 Å². The number of nitrogens with zero attached hydrogens (tertiary/aromatic N) is 2. The number of methoxy groups -OCH3 is 1. The maximum Gasteiger partial charge on any atom is 0.243 e. The van der Waals surface area contributed by atoms with E-state index in [2.05, 4.69) is 22.0 Å². The Morgan fingerprint density at radius 1 is 1.62 bits per heavy atom. The summed E-state index contributed by atoms with van der Waals surface area (Å²) >= 11 is 5.62. The fourth-order valence-electron chi connectivity index (χ4n) is 0.861. The molecule has 13 heavy (non-hydrogen) atoms. The Morgan fingerprint density at radius 2 is 2.31 bits per heavy atom. The Morgan fingerprint density at radius 3 is 2.77 bits per heavy atom. The van der Waals surface area contributed by atoms with E-state index in [1.807, 2.05) is 0 Å². The van der Waals surface area contributed by atoms with Gasteiger partial charge in [-0.2, -0.15) is 4.98 Å². The Bertz CT molecular complexity index is 329. The first-order chi connectivity index (χ1) is 6.22. The van der Waals surface area contributed by atoms with Gasteiger partial charge in [-0.15, -0.1) is 0 Å². The van der Waals surface area contributed by atoms with Crippen molar-refractivity contribution in [1.82, 2.24) is 9.97 Å². The van der Waals surface area contributed by atoms with E-state index in [-0.39, 0.29) is 11.2 Å². The van der Waals surface area contributed by atoms with Crippen LogP contribution in [0, 0.1) is 0 Å². The SMILES string of the molecule is C=Cc1nc(Cl)nc(OC)c1NN. The smallest absolute Gasteiger partial charge is 0.243 e. The van der Waals surface area contributed by atoms with Gasteiger partial charge in [0.1, 0.15) is 5.69 Å². The van der Waals surface area contributed by atoms with Crippen LogP contribution < -0.4 is 16.0 Å². The molecule has 1 aromatic rings. The maximum atomic E-state index is 5.62. The summed E-state index contributed by atoms with van der Waals surface area (Å²) in [5.74, 6) is 5.54. The molecule has 0 aliphatic rings. The van der Waals surface area contributed by atoms with Crippen molar-refractivity contribution in [2.75, 3.05) is 12.5 Å². The zero-order valence-corrected chi connectivity index (χ0v) is 7.80. The Balaban J connectivity index is 3.33. The second-order valence-corrected chi connectivity index (χ2v) is 2.45. The van der Waals surface area contributed by atoms with Crippen molar-refractivity contribution in [2.45, 2.75) is 0 Å². The minimum absolute atomic E-state index is 0.0887. The van der Waals surface area contributed by atoms with Crippen LogP contribution in [-0.4, -0.2) is 17.1 Å². The zero-order chi connectivity index (χ0) is 9.84. The van der Waals surface area contributed by atoms with E-state index >= 15 is 0 Å². The molecule has 0 spiro atoms. The van der Waals surface area contributed by atoms with Crippen LogP contribution in [0.3, 0.4) is 0 Å². The normalized spacial score (nSPS) is 9.46. The van der Waals surface area contributed by atoms with Crippen LogP contribution in [0.15, 0.2) is 6.58 Å². The molecule has 0 saturated carbocycles. The lowest BCUT2D eigenvalue weighted by molar-refractivity contribution is 0.398. The van der Waals surface area contributed by atoms with Crippen LogP contribution >= 0.6 is 11.6 Å². The quantitative estimate of drug-likeness (QED) is 0.434. The molecule has 0 radical (unpaired) electrons. The minimum atomic E-state index is 0.0887. The number of nitrogen functional groups attached to an aromatic ring is 1. The summed E-state index contributed by atoms with van der Waals surface area (Å²) in [4.78, 5) is 7.70. The van der Waals surface area contributed by atoms with Gasteiger partial charge in [0.25, 0.3) is 0 Å². The molecule has 0 bridgehead atoms. The van der Waals surface area contributed by atoms with Crippen molar-refractivity contribution in [3.8, 4) is 5.88 Å². The number of halogens is 1. The van der Waals surface area contributed by atoms with Crippen LogP contribution in [0.4, 0.5) is 5.69 Å². The lowest BCUT2D eigenvalue weighted by Crippen LogP contribution is -2.11. The summed E-state index contributed by atoms with van der Waals surface area (Å²) in [6.45, 7) is 3.56. The molecule has 70 valence electrons. The van der Waals surface area contributed by atoms with E-state index in [1.165, 1.54) is 13.2 Å². The summed E-state index contributed by atoms with van der Waals surface area (Å²) in [6.07, 6.45) is 1.51. The lowest BCUT2D eigenvalue weighted by atomic mass is 10.3. The second kappa shape index (κ2) is 4.06. The highest BCUT2D eigenvalue weighted by molar-refractivity contribution is 6.28. The largest absolute Gasteiger partial charge is 0.479 e. The molecule has 0 atom stereocenters. The van der Waals surface area contributed by atoms with E-state index < -0.39 is 0 Å². The predicted octanol–water partition coefficient (Wildman–Crippen LogP) is 1.07. The number of aromatic nitrogens is 2. The Labute approximate surface area is 80.6 Å². The van der Waals surface area contributed by atoms with Gasteiger partial charge in [0.15, 0.2) is 0 Å². The number of nitrogens with one attached hydrogen (secondary N) is 1. The summed E-state index contributed by atoms with van der Waals surface area (Å²) < 4.78 is 4.93. The first-order valence-electron chi connectivity index (χ1n) is 3.43. The van der Waals surface area contributed by atoms with Gasteiger partial charge in [-0.25, -0.2) is 4.98 Å². The molecule has 1 rings (SSSR count). The predicted molar refractivity (Wildman–Crippen MR) is 51.5 cm³/mol. The highest BCUT2D eigenvalue weighted by Crippen LogP contribution is 2.26. The molecule has 0 saturated heterocycles. The maximum absolute atomic E-state index is 5.62. The molecular formula is C7H9ClN4O. The van der Waals surface area contributed by atoms with Gasteiger partial charge in [-0.1, -0.05) is 6.58 Å². The molecule has 0 aliphatic heterocycles. The van der Waals surface area contributed by atoms with Crippen LogP contribution in [-0.2, 0) is 0 Å². The average molecular weight is 201 g/mol. The van der Waals surface area contributed by atoms with Crippen molar-refractivity contribution < 1.29 is 4.74 Å². The topological polar surface area (TPSA) is 73.1 Å². The molecule has 0 unspecified atom stereocenters. The number of hydrogen-bond acceptors (Lipinski definition) is 5. The van der Waals surface area contributed by atoms with Gasteiger partial charge >= 0.3 is 0 Å². The molecular weight excluding hydrogens is 192 g/mol. The Hall–Kier alpha value is -1.33. The summed E-state index contributed by atoms with van der Waals surface area (Å²) in [5.41, 5.74) is 3.37. The van der Waals surface area contributed by atoms with Gasteiger partial charge in [0.2, 0.25) is 11.2 Å². The minimum Gasteiger partial charge on any atom is -0.479 e. The number of hydrogen-bond donors (Lipinski definition) is 2. The number of nitrogens with two attached hydrogens (primary N) is 1. The summed E-state index contributed by atoms with van der Waals surface area (Å²) in [6, 6.07) is 0. The molecule has 3 N–H and O–H groups in total. The summed E-state index contributed by atoms with van der Waals surface area (Å²) in [7, 11) is 1.46. The second-order valence-electron chi connectivity index (χ2n) is 2.11. The molecule has 1 heterocycles. The Kier molecular flexibility index (Phi) is 3.05. The van der Waals surface area contributed by atoms with Crippen LogP contribution in [0.25, 0.3) is 6.08 Å². The lowest BCUT2D eigenvalue weighted by Gasteiger charge is -2.08. The highest BCUT2D eigenvalue weighted by Gasteiger charge is 2.10. The first-order valence-corrected chi connectivity index (χ1v) is 3.81. The van der Waals surface area contributed by atoms with E-state index in [0.717, 1.165) is 0 Å². The number of anilines is 1. The molecule has 0 fully saturated rings. The molecule has 0 amide bonds. The first kappa shape index (κ1) is 9.76. The van der Waals surface area contributed by atoms with Gasteiger partial charge < -0.3 is 10.2 Å². The molecule has 1 aromatic heterocycles. The van der Waals surface area contributed by atoms with Gasteiger partial charge in [-0.3, -0.25) is 5.84 Å². The van der Waals surface area contributed by atoms with Crippen molar-refractivity contribution in [2.24, 2.45) is 5.84 Å². The third-order valence-corrected chi connectivity index (χ3v) is 1.58. The van der Waals surface area contributed by atoms with Crippen LogP contribution in [0.2, 0.25) is 5.28 Å². The molecule has 0 aliphatic carbocycles. The van der Waals surface area contributed by atoms with E-state index in [9.17, 15) is 0 Å². The monoisotopic (exact) mass is 200 g/mol. The molecule has 6 heteroatoms.